The summed E-state index contributed by atoms with van der Waals surface area (Å²) in [6.07, 6.45) is 3.12. The van der Waals surface area contributed by atoms with Crippen molar-refractivity contribution < 1.29 is 12.6 Å². The molecule has 0 radical (unpaired) electrons. The molecule has 2 heterocycles. The van der Waals surface area contributed by atoms with Crippen LogP contribution in [0.5, 0.6) is 0 Å². The van der Waals surface area contributed by atoms with Crippen molar-refractivity contribution in [2.45, 2.75) is 18.0 Å². The van der Waals surface area contributed by atoms with Crippen LogP contribution < -0.4 is 16.0 Å². The monoisotopic (exact) mass is 337 g/mol. The third-order valence-corrected chi connectivity index (χ3v) is 5.79. The second-order valence-corrected chi connectivity index (χ2v) is 8.21. The number of nitrogen functional groups attached to an aromatic ring is 1. The van der Waals surface area contributed by atoms with Crippen LogP contribution in [0.25, 0.3) is 4.96 Å². The average Bonchev–Trinajstić information content (AvgIpc) is 2.84. The van der Waals surface area contributed by atoms with E-state index >= 15 is 0 Å². The van der Waals surface area contributed by atoms with Crippen molar-refractivity contribution in [2.75, 3.05) is 17.4 Å². The molecule has 0 aliphatic rings. The van der Waals surface area contributed by atoms with Gasteiger partial charge in [-0.05, 0) is 6.92 Å². The van der Waals surface area contributed by atoms with Crippen molar-refractivity contribution in [3.05, 3.63) is 11.6 Å². The molecule has 0 amide bonds. The first kappa shape index (κ1) is 15.4. The molecule has 2 aromatic heterocycles. The molecule has 0 aliphatic carbocycles. The molecule has 112 valence electrons. The van der Waals surface area contributed by atoms with Crippen LogP contribution in [-0.4, -0.2) is 40.1 Å². The third-order valence-electron chi connectivity index (χ3n) is 2.45. The summed E-state index contributed by atoms with van der Waals surface area (Å²) < 4.78 is 39.9. The van der Waals surface area contributed by atoms with Crippen LogP contribution in [0.3, 0.4) is 0 Å². The highest BCUT2D eigenvalue weighted by molar-refractivity contribution is 7.89. The number of rotatable bonds is 6. The lowest BCUT2D eigenvalue weighted by molar-refractivity contribution is 0.565. The molecular weight excluding hydrogens is 322 g/mol. The summed E-state index contributed by atoms with van der Waals surface area (Å²) in [6, 6.07) is -0.458. The molecule has 0 fully saturated rings. The Bertz CT molecular complexity index is 735. The zero-order valence-corrected chi connectivity index (χ0v) is 13.3. The maximum absolute atomic E-state index is 12.4. The Morgan fingerprint density at radius 1 is 1.60 bits per heavy atom. The average molecular weight is 337 g/mol. The van der Waals surface area contributed by atoms with Gasteiger partial charge in [0.1, 0.15) is 0 Å². The molecule has 0 saturated carbocycles. The van der Waals surface area contributed by atoms with E-state index in [9.17, 15) is 12.6 Å². The van der Waals surface area contributed by atoms with E-state index < -0.39 is 26.9 Å². The van der Waals surface area contributed by atoms with E-state index in [1.54, 1.807) is 18.5 Å². The van der Waals surface area contributed by atoms with Gasteiger partial charge < -0.3 is 5.43 Å². The maximum Gasteiger partial charge on any atom is 0.260 e. The first-order valence-electron chi connectivity index (χ1n) is 5.59. The minimum Gasteiger partial charge on any atom is -0.306 e. The first-order valence-corrected chi connectivity index (χ1v) is 9.68. The summed E-state index contributed by atoms with van der Waals surface area (Å²) in [4.78, 5) is 4.61. The number of imidazole rings is 1. The van der Waals surface area contributed by atoms with Gasteiger partial charge in [0.25, 0.3) is 10.0 Å². The second-order valence-electron chi connectivity index (χ2n) is 4.23. The Morgan fingerprint density at radius 3 is 2.90 bits per heavy atom. The van der Waals surface area contributed by atoms with E-state index in [-0.39, 0.29) is 16.6 Å². The minimum atomic E-state index is -3.82. The van der Waals surface area contributed by atoms with Gasteiger partial charge in [-0.3, -0.25) is 8.61 Å². The standard InChI is InChI=1S/C9H15N5O3S3/c1-6(5-19(2)15)13-20(16,17)8-7(12-10)11-9-14(8)3-4-18-9/h3-4,6,12-13H,5,10H2,1-2H3. The molecule has 20 heavy (non-hydrogen) atoms. The highest BCUT2D eigenvalue weighted by Gasteiger charge is 2.27. The summed E-state index contributed by atoms with van der Waals surface area (Å²) >= 11 is 1.30. The number of aromatic nitrogens is 2. The van der Waals surface area contributed by atoms with Crippen LogP contribution in [0.1, 0.15) is 6.92 Å². The number of hydrogen-bond acceptors (Lipinski definition) is 7. The van der Waals surface area contributed by atoms with Crippen LogP contribution >= 0.6 is 11.3 Å². The number of nitrogens with zero attached hydrogens (tertiary/aromatic N) is 2. The molecule has 2 unspecified atom stereocenters. The van der Waals surface area contributed by atoms with Gasteiger partial charge in [0, 0.05) is 40.4 Å². The van der Waals surface area contributed by atoms with E-state index in [1.807, 2.05) is 0 Å². The molecule has 0 bridgehead atoms. The Morgan fingerprint density at radius 2 is 2.30 bits per heavy atom. The topological polar surface area (TPSA) is 119 Å². The van der Waals surface area contributed by atoms with Crippen LogP contribution in [0.15, 0.2) is 16.6 Å². The fourth-order valence-corrected chi connectivity index (χ4v) is 4.98. The molecule has 8 nitrogen and oxygen atoms in total. The zero-order chi connectivity index (χ0) is 14.9. The maximum atomic E-state index is 12.4. The van der Waals surface area contributed by atoms with Gasteiger partial charge in [-0.1, -0.05) is 0 Å². The lowest BCUT2D eigenvalue weighted by Gasteiger charge is -2.13. The highest BCUT2D eigenvalue weighted by atomic mass is 32.2. The van der Waals surface area contributed by atoms with Crippen molar-refractivity contribution in [2.24, 2.45) is 5.84 Å². The molecular formula is C9H15N5O3S3. The van der Waals surface area contributed by atoms with Crippen molar-refractivity contribution in [3.63, 3.8) is 0 Å². The summed E-state index contributed by atoms with van der Waals surface area (Å²) in [7, 11) is -4.91. The van der Waals surface area contributed by atoms with Crippen LogP contribution in [0.4, 0.5) is 5.82 Å². The SMILES string of the molecule is CC(CS(C)=O)NS(=O)(=O)c1c(NN)nc2sccn12. The zero-order valence-electron chi connectivity index (χ0n) is 10.9. The van der Waals surface area contributed by atoms with Crippen molar-refractivity contribution >= 4 is 42.9 Å². The predicted molar refractivity (Wildman–Crippen MR) is 79.6 cm³/mol. The second kappa shape index (κ2) is 5.77. The summed E-state index contributed by atoms with van der Waals surface area (Å²) in [5.41, 5.74) is 2.29. The lowest BCUT2D eigenvalue weighted by atomic mass is 10.4. The van der Waals surface area contributed by atoms with Crippen LogP contribution in [-0.2, 0) is 20.8 Å². The molecule has 4 N–H and O–H groups in total. The molecule has 0 aromatic carbocycles. The highest BCUT2D eigenvalue weighted by Crippen LogP contribution is 2.24. The number of nitrogens with one attached hydrogen (secondary N) is 2. The summed E-state index contributed by atoms with van der Waals surface area (Å²) in [5.74, 6) is 5.63. The van der Waals surface area contributed by atoms with Gasteiger partial charge in [0.05, 0.1) is 0 Å². The Hall–Kier alpha value is -1.01. The Labute approximate surface area is 122 Å². The van der Waals surface area contributed by atoms with E-state index in [4.69, 9.17) is 5.84 Å². The lowest BCUT2D eigenvalue weighted by Crippen LogP contribution is -2.37. The molecule has 0 aliphatic heterocycles. The predicted octanol–water partition coefficient (Wildman–Crippen LogP) is -0.273. The van der Waals surface area contributed by atoms with Gasteiger partial charge in [-0.25, -0.2) is 19.0 Å². The van der Waals surface area contributed by atoms with E-state index in [1.165, 1.54) is 22.0 Å². The van der Waals surface area contributed by atoms with Crippen molar-refractivity contribution in [1.29, 1.82) is 0 Å². The molecule has 0 saturated heterocycles. The number of nitrogens with two attached hydrogens (primary N) is 1. The normalized spacial score (nSPS) is 15.3. The summed E-state index contributed by atoms with van der Waals surface area (Å²) in [5, 5.41) is 1.68. The minimum absolute atomic E-state index is 0.0509. The quantitative estimate of drug-likeness (QED) is 0.493. The number of thiazole rings is 1. The van der Waals surface area contributed by atoms with Crippen molar-refractivity contribution in [1.82, 2.24) is 14.1 Å². The molecule has 11 heteroatoms. The smallest absolute Gasteiger partial charge is 0.260 e. The van der Waals surface area contributed by atoms with Gasteiger partial charge in [-0.2, -0.15) is 4.98 Å². The Balaban J connectivity index is 2.40. The first-order chi connectivity index (χ1) is 9.35. The summed E-state index contributed by atoms with van der Waals surface area (Å²) in [6.45, 7) is 1.65. The van der Waals surface area contributed by atoms with Crippen LogP contribution in [0, 0.1) is 0 Å². The Kier molecular flexibility index (Phi) is 4.44. The van der Waals surface area contributed by atoms with E-state index in [0.29, 0.717) is 4.96 Å². The van der Waals surface area contributed by atoms with E-state index in [2.05, 4.69) is 15.1 Å². The molecule has 2 atom stereocenters. The molecule has 0 spiro atoms. The van der Waals surface area contributed by atoms with Gasteiger partial charge in [-0.15, -0.1) is 11.3 Å². The van der Waals surface area contributed by atoms with Crippen LogP contribution in [0.2, 0.25) is 0 Å². The third kappa shape index (κ3) is 3.01. The number of sulfonamides is 1. The fourth-order valence-electron chi connectivity index (χ4n) is 1.82. The fraction of sp³-hybridized carbons (Fsp3) is 0.444. The van der Waals surface area contributed by atoms with Crippen molar-refractivity contribution in [3.8, 4) is 0 Å². The molecule has 2 aromatic rings. The number of anilines is 1. The molecule has 2 rings (SSSR count). The van der Waals surface area contributed by atoms with Gasteiger partial charge in [0.2, 0.25) is 5.03 Å². The number of fused-ring (bicyclic) bond motifs is 1. The number of hydrazine groups is 1. The van der Waals surface area contributed by atoms with E-state index in [0.717, 1.165) is 0 Å². The largest absolute Gasteiger partial charge is 0.306 e. The van der Waals surface area contributed by atoms with Gasteiger partial charge in [0.15, 0.2) is 10.8 Å². The van der Waals surface area contributed by atoms with Gasteiger partial charge >= 0.3 is 0 Å². The number of hydrogen-bond donors (Lipinski definition) is 3.